The van der Waals surface area contributed by atoms with Crippen molar-refractivity contribution >= 4 is 42.3 Å². The first kappa shape index (κ1) is 26.9. The van der Waals surface area contributed by atoms with Gasteiger partial charge in [0.2, 0.25) is 17.7 Å². The van der Waals surface area contributed by atoms with E-state index in [4.69, 9.17) is 10.8 Å². The van der Waals surface area contributed by atoms with Crippen LogP contribution in [0.1, 0.15) is 18.5 Å². The summed E-state index contributed by atoms with van der Waals surface area (Å²) in [6.45, 7) is -0.885. The van der Waals surface area contributed by atoms with Crippen molar-refractivity contribution in [1.82, 2.24) is 25.9 Å². The van der Waals surface area contributed by atoms with Crippen molar-refractivity contribution in [3.8, 4) is 0 Å². The highest BCUT2D eigenvalue weighted by Crippen LogP contribution is 2.03. The second-order valence-corrected chi connectivity index (χ2v) is 7.07. The van der Waals surface area contributed by atoms with E-state index in [1.165, 1.54) is 12.5 Å². The van der Waals surface area contributed by atoms with Crippen LogP contribution < -0.4 is 21.7 Å². The van der Waals surface area contributed by atoms with Gasteiger partial charge in [0.25, 0.3) is 0 Å². The molecule has 0 fully saturated rings. The van der Waals surface area contributed by atoms with E-state index in [0.29, 0.717) is 5.69 Å². The Morgan fingerprint density at radius 3 is 2.12 bits per heavy atom. The molecule has 3 amide bonds. The number of thiol groups is 1. The quantitative estimate of drug-likeness (QED) is 0.121. The highest BCUT2D eigenvalue weighted by Gasteiger charge is 2.30. The maximum absolute atomic E-state index is 12.6. The number of carbonyl (C=O) groups is 5. The van der Waals surface area contributed by atoms with E-state index in [0.717, 1.165) is 0 Å². The van der Waals surface area contributed by atoms with Crippen LogP contribution in [0.2, 0.25) is 0 Å². The third kappa shape index (κ3) is 8.91. The first-order valence-corrected chi connectivity index (χ1v) is 10.0. The number of amides is 3. The van der Waals surface area contributed by atoms with Crippen LogP contribution in [0.25, 0.3) is 0 Å². The van der Waals surface area contributed by atoms with Gasteiger partial charge < -0.3 is 42.0 Å². The topological polar surface area (TPSA) is 237 Å². The van der Waals surface area contributed by atoms with Crippen LogP contribution in [-0.4, -0.2) is 91.5 Å². The monoisotopic (exact) mass is 474 g/mol. The summed E-state index contributed by atoms with van der Waals surface area (Å²) in [4.78, 5) is 65.7. The van der Waals surface area contributed by atoms with Crippen LogP contribution in [0.3, 0.4) is 0 Å². The number of nitrogens with zero attached hydrogens (tertiary/aromatic N) is 1. The molecule has 178 valence electrons. The number of aliphatic hydroxyl groups excluding tert-OH is 1. The van der Waals surface area contributed by atoms with Gasteiger partial charge in [0.05, 0.1) is 19.0 Å². The van der Waals surface area contributed by atoms with E-state index in [1.807, 2.05) is 0 Å². The fourth-order valence-electron chi connectivity index (χ4n) is 2.45. The van der Waals surface area contributed by atoms with Crippen LogP contribution in [0.4, 0.5) is 0 Å². The van der Waals surface area contributed by atoms with Gasteiger partial charge in [-0.25, -0.2) is 9.78 Å². The molecule has 1 aromatic rings. The van der Waals surface area contributed by atoms with Crippen LogP contribution in [0.5, 0.6) is 0 Å². The minimum absolute atomic E-state index is 0.0340. The molecule has 4 unspecified atom stereocenters. The van der Waals surface area contributed by atoms with Crippen molar-refractivity contribution in [3.05, 3.63) is 18.2 Å². The zero-order valence-corrected chi connectivity index (χ0v) is 17.7. The summed E-state index contributed by atoms with van der Waals surface area (Å²) in [6.07, 6.45) is 1.78. The van der Waals surface area contributed by atoms with Gasteiger partial charge >= 0.3 is 11.9 Å². The van der Waals surface area contributed by atoms with Gasteiger partial charge in [-0.1, -0.05) is 0 Å². The Labute approximate surface area is 187 Å². The fourth-order valence-corrected chi connectivity index (χ4v) is 2.62. The predicted octanol–water partition coefficient (Wildman–Crippen LogP) is -3.39. The SMILES string of the molecule is NC(CS)C(=O)NC(CCC(=O)O)C(=O)NC(CO)C(=O)NC(Cc1cnc[nH]1)C(=O)O. The molecule has 1 heterocycles. The van der Waals surface area contributed by atoms with E-state index in [-0.39, 0.29) is 18.6 Å². The highest BCUT2D eigenvalue weighted by molar-refractivity contribution is 7.80. The number of H-pyrrole nitrogens is 1. The van der Waals surface area contributed by atoms with Crippen molar-refractivity contribution < 1.29 is 39.3 Å². The van der Waals surface area contributed by atoms with Crippen LogP contribution >= 0.6 is 12.6 Å². The Morgan fingerprint density at radius 1 is 1.03 bits per heavy atom. The molecule has 0 saturated carbocycles. The second kappa shape index (κ2) is 13.3. The van der Waals surface area contributed by atoms with Crippen LogP contribution in [0.15, 0.2) is 12.5 Å². The summed E-state index contributed by atoms with van der Waals surface area (Å²) in [7, 11) is 0. The number of nitrogens with two attached hydrogens (primary N) is 1. The Bertz CT molecular complexity index is 805. The molecule has 0 aliphatic carbocycles. The molecule has 0 bridgehead atoms. The number of aliphatic carboxylic acids is 2. The molecule has 0 saturated heterocycles. The largest absolute Gasteiger partial charge is 0.481 e. The lowest BCUT2D eigenvalue weighted by atomic mass is 10.1. The van der Waals surface area contributed by atoms with Gasteiger partial charge in [-0.3, -0.25) is 19.2 Å². The number of nitrogens with one attached hydrogen (secondary N) is 4. The van der Waals surface area contributed by atoms with E-state index >= 15 is 0 Å². The molecule has 9 N–H and O–H groups in total. The van der Waals surface area contributed by atoms with Crippen molar-refractivity contribution in [2.45, 2.75) is 43.4 Å². The van der Waals surface area contributed by atoms with E-state index < -0.39 is 66.9 Å². The first-order chi connectivity index (χ1) is 15.1. The molecule has 0 aliphatic heterocycles. The van der Waals surface area contributed by atoms with Crippen molar-refractivity contribution in [2.24, 2.45) is 5.73 Å². The van der Waals surface area contributed by atoms with Crippen LogP contribution in [0, 0.1) is 0 Å². The number of rotatable bonds is 14. The van der Waals surface area contributed by atoms with Gasteiger partial charge in [0.1, 0.15) is 18.1 Å². The number of aromatic amines is 1. The molecule has 0 spiro atoms. The van der Waals surface area contributed by atoms with Crippen molar-refractivity contribution in [1.29, 1.82) is 0 Å². The highest BCUT2D eigenvalue weighted by atomic mass is 32.1. The zero-order chi connectivity index (χ0) is 24.3. The number of aliphatic hydroxyl groups is 1. The first-order valence-electron chi connectivity index (χ1n) is 9.39. The lowest BCUT2D eigenvalue weighted by Gasteiger charge is -2.24. The Balaban J connectivity index is 2.84. The second-order valence-electron chi connectivity index (χ2n) is 6.71. The van der Waals surface area contributed by atoms with E-state index in [1.54, 1.807) is 0 Å². The fraction of sp³-hybridized carbons (Fsp3) is 0.529. The standard InChI is InChI=1S/C17H26N6O8S/c18-9(6-32)14(27)21-10(1-2-13(25)26)15(28)23-12(5-24)16(29)22-11(17(30)31)3-8-4-19-7-20-8/h4,7,9-12,24,32H,1-3,5-6,18H2,(H,19,20)(H,21,27)(H,22,29)(H,23,28)(H,25,26)(H,30,31). The molecular formula is C17H26N6O8S. The Kier molecular flexibility index (Phi) is 11.2. The smallest absolute Gasteiger partial charge is 0.326 e. The lowest BCUT2D eigenvalue weighted by Crippen LogP contribution is -2.58. The molecule has 4 atom stereocenters. The predicted molar refractivity (Wildman–Crippen MR) is 112 cm³/mol. The summed E-state index contributed by atoms with van der Waals surface area (Å²) < 4.78 is 0. The average molecular weight is 474 g/mol. The van der Waals surface area contributed by atoms with Gasteiger partial charge in [-0.15, -0.1) is 0 Å². The van der Waals surface area contributed by atoms with Gasteiger partial charge in [-0.2, -0.15) is 12.6 Å². The number of hydrogen-bond acceptors (Lipinski definition) is 9. The minimum atomic E-state index is -1.56. The number of hydrogen-bond donors (Lipinski definition) is 9. The Morgan fingerprint density at radius 2 is 1.62 bits per heavy atom. The number of carboxylic acids is 2. The zero-order valence-electron chi connectivity index (χ0n) is 16.9. The minimum Gasteiger partial charge on any atom is -0.481 e. The summed E-state index contributed by atoms with van der Waals surface area (Å²) in [5.41, 5.74) is 5.96. The molecule has 1 aromatic heterocycles. The molecule has 15 heteroatoms. The Hall–Kier alpha value is -3.17. The molecule has 1 rings (SSSR count). The third-order valence-corrected chi connectivity index (χ3v) is 4.62. The molecule has 14 nitrogen and oxygen atoms in total. The number of carbonyl (C=O) groups excluding carboxylic acids is 3. The maximum Gasteiger partial charge on any atom is 0.326 e. The third-order valence-electron chi connectivity index (χ3n) is 4.22. The number of imidazole rings is 1. The lowest BCUT2D eigenvalue weighted by molar-refractivity contribution is -0.142. The molecule has 0 aromatic carbocycles. The summed E-state index contributed by atoms with van der Waals surface area (Å²) >= 11 is 3.87. The van der Waals surface area contributed by atoms with Gasteiger partial charge in [-0.05, 0) is 6.42 Å². The summed E-state index contributed by atoms with van der Waals surface area (Å²) in [5, 5.41) is 34.3. The summed E-state index contributed by atoms with van der Waals surface area (Å²) in [6, 6.07) is -5.38. The maximum atomic E-state index is 12.6. The van der Waals surface area contributed by atoms with E-state index in [2.05, 4.69) is 38.5 Å². The average Bonchev–Trinajstić information content (AvgIpc) is 3.26. The van der Waals surface area contributed by atoms with Crippen LogP contribution in [-0.2, 0) is 30.4 Å². The van der Waals surface area contributed by atoms with Crippen molar-refractivity contribution in [2.75, 3.05) is 12.4 Å². The van der Waals surface area contributed by atoms with E-state index in [9.17, 15) is 34.2 Å². The molecule has 0 aliphatic rings. The van der Waals surface area contributed by atoms with Gasteiger partial charge in [0, 0.05) is 30.5 Å². The number of aromatic nitrogens is 2. The van der Waals surface area contributed by atoms with Crippen molar-refractivity contribution in [3.63, 3.8) is 0 Å². The summed E-state index contributed by atoms with van der Waals surface area (Å²) in [5.74, 6) is -5.34. The molecular weight excluding hydrogens is 448 g/mol. The van der Waals surface area contributed by atoms with Gasteiger partial charge in [0.15, 0.2) is 0 Å². The molecule has 0 radical (unpaired) electrons. The molecule has 32 heavy (non-hydrogen) atoms. The normalized spacial score (nSPS) is 14.5. The number of carboxylic acid groups (broad SMARTS) is 2.